The lowest BCUT2D eigenvalue weighted by Gasteiger charge is -2.27. The van der Waals surface area contributed by atoms with E-state index < -0.39 is 10.1 Å². The second-order valence-corrected chi connectivity index (χ2v) is 15.7. The zero-order valence-corrected chi connectivity index (χ0v) is 33.5. The summed E-state index contributed by atoms with van der Waals surface area (Å²) in [7, 11) is -2.13. The molecule has 1 saturated carbocycles. The Morgan fingerprint density at radius 2 is 1.55 bits per heavy atom. The molecule has 9 heteroatoms. The van der Waals surface area contributed by atoms with Crippen LogP contribution in [0.25, 0.3) is 16.7 Å². The van der Waals surface area contributed by atoms with Crippen LogP contribution in [-0.2, 0) is 21.3 Å². The van der Waals surface area contributed by atoms with Gasteiger partial charge in [-0.3, -0.25) is 14.1 Å². The molecule has 0 saturated heterocycles. The molecule has 1 amide bonds. The molecule has 284 valence electrons. The van der Waals surface area contributed by atoms with Gasteiger partial charge in [0.05, 0.1) is 12.2 Å². The van der Waals surface area contributed by atoms with Crippen molar-refractivity contribution in [3.63, 3.8) is 0 Å². The van der Waals surface area contributed by atoms with Crippen molar-refractivity contribution in [3.8, 4) is 11.1 Å². The van der Waals surface area contributed by atoms with Gasteiger partial charge in [-0.05, 0) is 122 Å². The van der Waals surface area contributed by atoms with E-state index >= 15 is 0 Å². The van der Waals surface area contributed by atoms with Gasteiger partial charge >= 0.3 is 0 Å². The number of amides is 1. The van der Waals surface area contributed by atoms with Crippen LogP contribution >= 0.6 is 11.6 Å². The van der Waals surface area contributed by atoms with E-state index in [9.17, 15) is 18.0 Å². The molecule has 7 nitrogen and oxygen atoms in total. The minimum absolute atomic E-state index is 0.000532. The molecule has 4 aromatic carbocycles. The van der Waals surface area contributed by atoms with E-state index in [0.717, 1.165) is 50.7 Å². The molecular weight excluding hydrogens is 704 g/mol. The summed E-state index contributed by atoms with van der Waals surface area (Å²) in [5.74, 6) is 0.646. The second-order valence-electron chi connectivity index (χ2n) is 13.7. The first-order valence-electron chi connectivity index (χ1n) is 18.3. The first-order valence-corrected chi connectivity index (χ1v) is 20.3. The SMILES string of the molecule is CC.CNCCS(=O)(=O)O.Cc1cc(Cl)ccc1-c1ccc(NC(=O)Cc2ccc(C3=CCC(C4(C)CC4)CC3)cc2)cc1.Cc1ccc(C=O)cc1. The molecule has 1 unspecified atom stereocenters. The van der Waals surface area contributed by atoms with E-state index in [-0.39, 0.29) is 11.7 Å². The summed E-state index contributed by atoms with van der Waals surface area (Å²) in [6.45, 7) is 10.8. The molecule has 2 aliphatic carbocycles. The average Bonchev–Trinajstić information content (AvgIpc) is 3.91. The van der Waals surface area contributed by atoms with E-state index in [1.165, 1.54) is 48.8 Å². The van der Waals surface area contributed by atoms with Crippen LogP contribution in [0.2, 0.25) is 5.02 Å². The van der Waals surface area contributed by atoms with Crippen LogP contribution < -0.4 is 10.6 Å². The van der Waals surface area contributed by atoms with Gasteiger partial charge in [-0.25, -0.2) is 0 Å². The third-order valence-electron chi connectivity index (χ3n) is 9.62. The number of allylic oxidation sites excluding steroid dienone is 2. The predicted octanol–water partition coefficient (Wildman–Crippen LogP) is 10.4. The van der Waals surface area contributed by atoms with Crippen LogP contribution in [0, 0.1) is 25.2 Å². The lowest BCUT2D eigenvalue weighted by molar-refractivity contribution is -0.115. The van der Waals surface area contributed by atoms with Gasteiger partial charge in [0.25, 0.3) is 10.1 Å². The summed E-state index contributed by atoms with van der Waals surface area (Å²) in [6.07, 6.45) is 10.2. The number of hydrogen-bond donors (Lipinski definition) is 3. The summed E-state index contributed by atoms with van der Waals surface area (Å²) in [6, 6.07) is 29.9. The van der Waals surface area contributed by atoms with E-state index in [4.69, 9.17) is 16.2 Å². The maximum atomic E-state index is 12.6. The fourth-order valence-electron chi connectivity index (χ4n) is 6.12. The van der Waals surface area contributed by atoms with E-state index in [1.807, 2.05) is 87.5 Å². The standard InChI is InChI=1S/C31H32ClNO.C8H8O.C3H9NO3S.C2H6/c1-21-19-27(32)13-16-29(21)25-9-14-28(15-10-25)33-30(34)20-22-3-5-23(6-4-22)24-7-11-26(12-8-24)31(2)17-18-31;1-7-2-4-8(6-9)5-3-7;1-4-2-3-8(5,6)7;1-2/h3-7,9-10,13-16,19,26H,8,11-12,17-18,20H2,1-2H3,(H,33,34);2-6H,1H3;4H,2-3H2,1H3,(H,5,6,7);1-2H3. The largest absolute Gasteiger partial charge is 0.326 e. The van der Waals surface area contributed by atoms with E-state index in [1.54, 1.807) is 7.05 Å². The van der Waals surface area contributed by atoms with Crippen molar-refractivity contribution in [2.24, 2.45) is 11.3 Å². The van der Waals surface area contributed by atoms with Crippen molar-refractivity contribution < 1.29 is 22.6 Å². The molecule has 3 N–H and O–H groups in total. The quantitative estimate of drug-likeness (QED) is 0.110. The van der Waals surface area contributed by atoms with Crippen molar-refractivity contribution >= 4 is 45.2 Å². The number of halogens is 1. The number of aldehydes is 1. The summed E-state index contributed by atoms with van der Waals surface area (Å²) in [5.41, 5.74) is 10.5. The second kappa shape index (κ2) is 21.0. The van der Waals surface area contributed by atoms with Crippen molar-refractivity contribution in [2.45, 2.75) is 73.1 Å². The van der Waals surface area contributed by atoms with E-state index in [2.05, 4.69) is 54.8 Å². The molecule has 0 aliphatic heterocycles. The number of carbonyl (C=O) groups is 2. The lowest BCUT2D eigenvalue weighted by Crippen LogP contribution is -2.18. The Kier molecular flexibility index (Phi) is 17.1. The highest BCUT2D eigenvalue weighted by Crippen LogP contribution is 2.56. The van der Waals surface area contributed by atoms with Gasteiger partial charge in [-0.1, -0.05) is 111 Å². The number of rotatable bonds is 10. The Bertz CT molecular complexity index is 1900. The molecule has 53 heavy (non-hydrogen) atoms. The van der Waals surface area contributed by atoms with Crippen molar-refractivity contribution in [1.29, 1.82) is 0 Å². The summed E-state index contributed by atoms with van der Waals surface area (Å²) < 4.78 is 27.9. The van der Waals surface area contributed by atoms with Crippen LogP contribution in [0.15, 0.2) is 97.1 Å². The highest BCUT2D eigenvalue weighted by atomic mass is 35.5. The summed E-state index contributed by atoms with van der Waals surface area (Å²) in [5, 5.41) is 6.35. The summed E-state index contributed by atoms with van der Waals surface area (Å²) >= 11 is 6.07. The molecule has 0 bridgehead atoms. The lowest BCUT2D eigenvalue weighted by atomic mass is 9.78. The smallest absolute Gasteiger partial charge is 0.266 e. The molecular formula is C44H55ClN2O5S. The monoisotopic (exact) mass is 758 g/mol. The minimum atomic E-state index is -3.75. The van der Waals surface area contributed by atoms with Gasteiger partial charge < -0.3 is 10.6 Å². The normalized spacial score (nSPS) is 15.5. The number of hydrogen-bond acceptors (Lipinski definition) is 5. The van der Waals surface area contributed by atoms with Crippen LogP contribution in [-0.4, -0.2) is 44.5 Å². The molecule has 2 aliphatic rings. The average molecular weight is 759 g/mol. The predicted molar refractivity (Wildman–Crippen MR) is 221 cm³/mol. The van der Waals surface area contributed by atoms with Crippen LogP contribution in [0.3, 0.4) is 0 Å². The highest BCUT2D eigenvalue weighted by Gasteiger charge is 2.44. The third-order valence-corrected chi connectivity index (χ3v) is 10.6. The first-order chi connectivity index (χ1) is 25.3. The van der Waals surface area contributed by atoms with Gasteiger partial charge in [0.15, 0.2) is 0 Å². The molecule has 0 radical (unpaired) electrons. The van der Waals surface area contributed by atoms with E-state index in [0.29, 0.717) is 18.4 Å². The van der Waals surface area contributed by atoms with Crippen LogP contribution in [0.5, 0.6) is 0 Å². The fraction of sp³-hybridized carbons (Fsp3) is 0.364. The van der Waals surface area contributed by atoms with Gasteiger partial charge in [0, 0.05) is 22.8 Å². The van der Waals surface area contributed by atoms with Gasteiger partial charge in [0.1, 0.15) is 6.29 Å². The summed E-state index contributed by atoms with van der Waals surface area (Å²) in [4.78, 5) is 22.7. The number of benzene rings is 4. The molecule has 0 aromatic heterocycles. The Balaban J connectivity index is 0.000000327. The Morgan fingerprint density at radius 1 is 0.925 bits per heavy atom. The molecule has 1 fully saturated rings. The van der Waals surface area contributed by atoms with Gasteiger partial charge in [-0.15, -0.1) is 0 Å². The van der Waals surface area contributed by atoms with Crippen molar-refractivity contribution in [2.75, 3.05) is 24.7 Å². The van der Waals surface area contributed by atoms with Crippen LogP contribution in [0.1, 0.15) is 85.5 Å². The molecule has 1 atom stereocenters. The molecule has 4 aromatic rings. The Labute approximate surface area is 322 Å². The van der Waals surface area contributed by atoms with Crippen molar-refractivity contribution in [3.05, 3.63) is 130 Å². The first kappa shape index (κ1) is 43.3. The van der Waals surface area contributed by atoms with Gasteiger partial charge in [0.2, 0.25) is 5.91 Å². The fourth-order valence-corrected chi connectivity index (χ4v) is 6.81. The number of carbonyl (C=O) groups excluding carboxylic acids is 2. The number of aryl methyl sites for hydroxylation is 2. The topological polar surface area (TPSA) is 113 Å². The Hall–Kier alpha value is -4.08. The molecule has 0 heterocycles. The highest BCUT2D eigenvalue weighted by molar-refractivity contribution is 7.85. The maximum Gasteiger partial charge on any atom is 0.266 e. The van der Waals surface area contributed by atoms with Crippen molar-refractivity contribution in [1.82, 2.24) is 5.32 Å². The zero-order chi connectivity index (χ0) is 39.0. The minimum Gasteiger partial charge on any atom is -0.326 e. The maximum absolute atomic E-state index is 12.6. The molecule has 0 spiro atoms. The zero-order valence-electron chi connectivity index (χ0n) is 31.9. The number of nitrogens with one attached hydrogen (secondary N) is 2. The van der Waals surface area contributed by atoms with Gasteiger partial charge in [-0.2, -0.15) is 8.42 Å². The number of anilines is 1. The Morgan fingerprint density at radius 3 is 2.04 bits per heavy atom. The molecule has 6 rings (SSSR count). The van der Waals surface area contributed by atoms with Crippen LogP contribution in [0.4, 0.5) is 5.69 Å². The third kappa shape index (κ3) is 14.7.